The zero-order valence-electron chi connectivity index (χ0n) is 21.0. The van der Waals surface area contributed by atoms with Gasteiger partial charge in [0.2, 0.25) is 0 Å². The molecule has 0 heterocycles. The van der Waals surface area contributed by atoms with E-state index in [0.29, 0.717) is 0 Å². The molecule has 4 aromatic carbocycles. The number of hydrogen-bond acceptors (Lipinski definition) is 0. The number of benzene rings is 4. The standard InChI is InChI=1S/2C15H9.C2H4F4P2.2Au/c1-2-11-7-8-15-13(9-11)10-12-5-3-4-6-14(12)15;1-2-11-7-8-13-10-12-5-3-4-6-14(12)15(13)9-11;3-7(4)1-2-8(5)6;;/h2*3-9H,10H2;1-2H2;;/q2*-1;;2*+1/p+2. The first-order valence-electron chi connectivity index (χ1n) is 12.0. The van der Waals surface area contributed by atoms with Gasteiger partial charge < -0.3 is 12.8 Å². The van der Waals surface area contributed by atoms with Crippen molar-refractivity contribution >= 4 is 17.1 Å². The second kappa shape index (κ2) is 16.5. The molecule has 0 bridgehead atoms. The van der Waals surface area contributed by atoms with Crippen LogP contribution in [0, 0.1) is 24.7 Å². The van der Waals surface area contributed by atoms with Crippen molar-refractivity contribution in [3.63, 3.8) is 0 Å². The summed E-state index contributed by atoms with van der Waals surface area (Å²) < 4.78 is 44.7. The van der Waals surface area contributed by atoms with Crippen LogP contribution in [0.2, 0.25) is 0 Å². The molecule has 0 fully saturated rings. The van der Waals surface area contributed by atoms with Crippen LogP contribution >= 0.6 is 17.1 Å². The summed E-state index contributed by atoms with van der Waals surface area (Å²) in [6, 6.07) is 29.2. The van der Waals surface area contributed by atoms with E-state index in [1.165, 1.54) is 44.5 Å². The third kappa shape index (κ3) is 8.78. The Morgan fingerprint density at radius 1 is 0.525 bits per heavy atom. The fourth-order valence-corrected chi connectivity index (χ4v) is 6.13. The molecule has 0 spiro atoms. The van der Waals surface area contributed by atoms with Crippen LogP contribution in [0.5, 0.6) is 0 Å². The van der Waals surface area contributed by atoms with Gasteiger partial charge in [-0.15, -0.1) is 35.4 Å². The van der Waals surface area contributed by atoms with Gasteiger partial charge in [-0.05, 0) is 68.6 Å². The van der Waals surface area contributed by atoms with Gasteiger partial charge >= 0.3 is 61.8 Å². The van der Waals surface area contributed by atoms with Gasteiger partial charge in [0.15, 0.2) is 12.3 Å². The summed E-state index contributed by atoms with van der Waals surface area (Å²) in [6.45, 7) is 0. The van der Waals surface area contributed by atoms with Crippen molar-refractivity contribution in [3.8, 4) is 34.1 Å². The molecule has 0 atom stereocenters. The van der Waals surface area contributed by atoms with Crippen molar-refractivity contribution < 1.29 is 61.5 Å². The largest absolute Gasteiger partial charge is 1.00 e. The summed E-state index contributed by atoms with van der Waals surface area (Å²) in [5.74, 6) is 4.87. The molecule has 0 aromatic heterocycles. The molecule has 40 heavy (non-hydrogen) atoms. The normalized spacial score (nSPS) is 11.0. The summed E-state index contributed by atoms with van der Waals surface area (Å²) in [5, 5.41) is 0. The first-order valence-corrected chi connectivity index (χ1v) is 14.9. The Hall–Kier alpha value is -1.94. The van der Waals surface area contributed by atoms with Crippen LogP contribution in [0.4, 0.5) is 16.8 Å². The second-order valence-electron chi connectivity index (χ2n) is 8.84. The Bertz CT molecular complexity index is 1520. The van der Waals surface area contributed by atoms with Gasteiger partial charge in [0.25, 0.3) is 0 Å². The van der Waals surface area contributed by atoms with Crippen LogP contribution in [0.1, 0.15) is 33.4 Å². The third-order valence-corrected chi connectivity index (χ3v) is 8.14. The average Bonchev–Trinajstić information content (AvgIpc) is 3.49. The molecule has 0 nitrogen and oxygen atoms in total. The van der Waals surface area contributed by atoms with Crippen molar-refractivity contribution in [2.24, 2.45) is 0 Å². The topological polar surface area (TPSA) is 0 Å². The van der Waals surface area contributed by atoms with E-state index in [-0.39, 0.29) is 44.8 Å². The Balaban J connectivity index is 0.000000216. The van der Waals surface area contributed by atoms with Crippen molar-refractivity contribution in [1.82, 2.24) is 0 Å². The molecule has 0 amide bonds. The Morgan fingerprint density at radius 3 is 1.50 bits per heavy atom. The van der Waals surface area contributed by atoms with E-state index in [1.54, 1.807) is 0 Å². The van der Waals surface area contributed by atoms with Crippen molar-refractivity contribution in [2.75, 3.05) is 12.3 Å². The van der Waals surface area contributed by atoms with E-state index in [4.69, 9.17) is 12.8 Å². The summed E-state index contributed by atoms with van der Waals surface area (Å²) in [6.07, 6.45) is 15.2. The van der Waals surface area contributed by atoms with Crippen LogP contribution in [-0.2, 0) is 57.6 Å². The predicted octanol–water partition coefficient (Wildman–Crippen LogP) is 9.34. The minimum Gasteiger partial charge on any atom is -0.366 e. The van der Waals surface area contributed by atoms with Crippen LogP contribution in [0.3, 0.4) is 0 Å². The van der Waals surface area contributed by atoms with E-state index in [0.717, 1.165) is 24.0 Å². The molecule has 6 rings (SSSR count). The zero-order valence-corrected chi connectivity index (χ0v) is 27.4. The Morgan fingerprint density at radius 2 is 0.950 bits per heavy atom. The minimum atomic E-state index is -3.38. The molecule has 8 heteroatoms. The average molecular weight is 940 g/mol. The summed E-state index contributed by atoms with van der Waals surface area (Å²) in [7, 11) is -6.77. The maximum Gasteiger partial charge on any atom is 1.00 e. The van der Waals surface area contributed by atoms with Crippen molar-refractivity contribution in [3.05, 3.63) is 131 Å². The molecular formula is C32H24Au2F4P2+2. The molecule has 0 aliphatic heterocycles. The van der Waals surface area contributed by atoms with E-state index >= 15 is 0 Å². The van der Waals surface area contributed by atoms with Gasteiger partial charge in [0, 0.05) is 0 Å². The van der Waals surface area contributed by atoms with Crippen molar-refractivity contribution in [1.29, 1.82) is 0 Å². The van der Waals surface area contributed by atoms with E-state index < -0.39 is 29.4 Å². The molecule has 0 N–H and O–H groups in total. The number of halogens is 4. The summed E-state index contributed by atoms with van der Waals surface area (Å²) >= 11 is 0. The third-order valence-electron chi connectivity index (χ3n) is 6.38. The van der Waals surface area contributed by atoms with Gasteiger partial charge in [-0.1, -0.05) is 66.2 Å². The number of fused-ring (bicyclic) bond motifs is 6. The first kappa shape index (κ1) is 34.3. The maximum atomic E-state index is 11.2. The van der Waals surface area contributed by atoms with Gasteiger partial charge in [0.05, 0.1) is 0 Å². The zero-order chi connectivity index (χ0) is 27.1. The summed E-state index contributed by atoms with van der Waals surface area (Å²) in [4.78, 5) is 0. The van der Waals surface area contributed by atoms with E-state index in [2.05, 4.69) is 78.6 Å². The second-order valence-corrected chi connectivity index (χ2v) is 11.2. The van der Waals surface area contributed by atoms with E-state index in [9.17, 15) is 16.8 Å². The van der Waals surface area contributed by atoms with E-state index in [1.807, 2.05) is 18.2 Å². The quantitative estimate of drug-likeness (QED) is 0.0546. The molecule has 210 valence electrons. The molecule has 0 saturated carbocycles. The molecular weight excluding hydrogens is 916 g/mol. The predicted molar refractivity (Wildman–Crippen MR) is 153 cm³/mol. The van der Waals surface area contributed by atoms with Gasteiger partial charge in [-0.2, -0.15) is 0 Å². The summed E-state index contributed by atoms with van der Waals surface area (Å²) in [5.41, 5.74) is 12.4. The minimum absolute atomic E-state index is 0. The molecule has 0 radical (unpaired) electrons. The van der Waals surface area contributed by atoms with Crippen LogP contribution in [0.15, 0.2) is 84.9 Å². The van der Waals surface area contributed by atoms with Crippen molar-refractivity contribution in [2.45, 2.75) is 12.8 Å². The number of hydrogen-bond donors (Lipinski definition) is 0. The smallest absolute Gasteiger partial charge is 0.366 e. The van der Waals surface area contributed by atoms with Gasteiger partial charge in [0.1, 0.15) is 0 Å². The van der Waals surface area contributed by atoms with Crippen LogP contribution in [-0.4, -0.2) is 12.3 Å². The SMILES string of the molecule is F[PH+](F)CC[PH+](F)F.[Au+].[Au+].[C-]#Cc1ccc2c(c1)-c1ccccc1C2.[C-]#Cc1ccc2c(c1)Cc1ccccc1-2. The van der Waals surface area contributed by atoms with Gasteiger partial charge in [-0.25, -0.2) is 0 Å². The molecule has 2 aliphatic carbocycles. The molecule has 0 unspecified atom stereocenters. The van der Waals surface area contributed by atoms with Crippen LogP contribution in [0.25, 0.3) is 22.3 Å². The first-order chi connectivity index (χ1) is 18.4. The Kier molecular flexibility index (Phi) is 14.1. The number of rotatable bonds is 3. The van der Waals surface area contributed by atoms with Gasteiger partial charge in [-0.3, -0.25) is 11.8 Å². The fourth-order valence-electron chi connectivity index (χ4n) is 4.61. The monoisotopic (exact) mass is 940 g/mol. The maximum absolute atomic E-state index is 11.2. The molecule has 4 aromatic rings. The molecule has 2 aliphatic rings. The van der Waals surface area contributed by atoms with Crippen LogP contribution < -0.4 is 0 Å². The fraction of sp³-hybridized carbons (Fsp3) is 0.125. The Labute approximate surface area is 267 Å². The molecule has 0 saturated heterocycles.